The number of alkyl halides is 2. The summed E-state index contributed by atoms with van der Waals surface area (Å²) in [4.78, 5) is 15.9. The van der Waals surface area contributed by atoms with Gasteiger partial charge in [0.1, 0.15) is 6.61 Å². The second kappa shape index (κ2) is 8.85. The van der Waals surface area contributed by atoms with Crippen LogP contribution >= 0.6 is 11.6 Å². The summed E-state index contributed by atoms with van der Waals surface area (Å²) in [5, 5.41) is 0.391. The summed E-state index contributed by atoms with van der Waals surface area (Å²) < 4.78 is 58.8. The normalized spacial score (nSPS) is 11.9. The quantitative estimate of drug-likeness (QED) is 0.538. The van der Waals surface area contributed by atoms with E-state index in [1.807, 2.05) is 0 Å². The summed E-state index contributed by atoms with van der Waals surface area (Å²) in [5.74, 6) is -0.854. The average Bonchev–Trinajstić information content (AvgIpc) is 3.05. The van der Waals surface area contributed by atoms with E-state index in [0.717, 1.165) is 0 Å². The van der Waals surface area contributed by atoms with Crippen LogP contribution in [0.4, 0.5) is 8.78 Å². The molecule has 0 spiro atoms. The van der Waals surface area contributed by atoms with Gasteiger partial charge in [-0.25, -0.2) is 18.1 Å². The van der Waals surface area contributed by atoms with Crippen molar-refractivity contribution in [1.82, 2.24) is 14.3 Å². The Kier molecular flexibility index (Phi) is 6.46. The molecule has 0 aliphatic carbocycles. The van der Waals surface area contributed by atoms with E-state index in [-0.39, 0.29) is 29.2 Å². The lowest BCUT2D eigenvalue weighted by molar-refractivity contribution is -0.145. The minimum atomic E-state index is -3.81. The van der Waals surface area contributed by atoms with Crippen molar-refractivity contribution < 1.29 is 26.7 Å². The number of sulfonamides is 1. The largest absolute Gasteiger partial charge is 0.457 e. The van der Waals surface area contributed by atoms with Crippen LogP contribution in [-0.2, 0) is 26.2 Å². The molecular formula is C18H16ClF2N3O4S. The molecule has 1 aromatic heterocycles. The van der Waals surface area contributed by atoms with Crippen LogP contribution in [0.25, 0.3) is 11.0 Å². The maximum Gasteiger partial charge on any atom is 0.320 e. The summed E-state index contributed by atoms with van der Waals surface area (Å²) >= 11 is 5.72. The molecular weight excluding hydrogens is 428 g/mol. The fraction of sp³-hybridized carbons (Fsp3) is 0.222. The molecule has 0 unspecified atom stereocenters. The Hall–Kier alpha value is -2.56. The fourth-order valence-electron chi connectivity index (χ4n) is 2.62. The molecule has 154 valence electrons. The van der Waals surface area contributed by atoms with Crippen molar-refractivity contribution in [1.29, 1.82) is 0 Å². The number of benzene rings is 2. The minimum Gasteiger partial charge on any atom is -0.457 e. The Morgan fingerprint density at radius 2 is 1.86 bits per heavy atom. The van der Waals surface area contributed by atoms with Crippen LogP contribution in [-0.4, -0.2) is 30.5 Å². The first-order valence-electron chi connectivity index (χ1n) is 8.43. The van der Waals surface area contributed by atoms with Crippen molar-refractivity contribution in [2.45, 2.75) is 24.5 Å². The van der Waals surface area contributed by atoms with Gasteiger partial charge in [-0.2, -0.15) is 8.78 Å². The molecule has 0 bridgehead atoms. The van der Waals surface area contributed by atoms with Crippen molar-refractivity contribution in [2.75, 3.05) is 6.54 Å². The van der Waals surface area contributed by atoms with E-state index in [9.17, 15) is 22.0 Å². The van der Waals surface area contributed by atoms with Crippen LogP contribution in [0.3, 0.4) is 0 Å². The molecule has 0 saturated carbocycles. The number of para-hydroxylation sites is 2. The standard InChI is InChI=1S/C18H16ClF2N3O4S/c19-12-5-7-13(8-6-12)29(26,27)22-10-9-17(25)28-11-16-23-14-3-1-2-4-15(14)24(16)18(20)21/h1-8,18,22H,9-11H2. The first kappa shape index (κ1) is 21.2. The van der Waals surface area contributed by atoms with Gasteiger partial charge in [-0.1, -0.05) is 23.7 Å². The summed E-state index contributed by atoms with van der Waals surface area (Å²) in [5.41, 5.74) is 0.582. The van der Waals surface area contributed by atoms with Crippen molar-refractivity contribution >= 4 is 38.6 Å². The van der Waals surface area contributed by atoms with E-state index in [4.69, 9.17) is 16.3 Å². The van der Waals surface area contributed by atoms with Crippen molar-refractivity contribution in [3.8, 4) is 0 Å². The number of nitrogens with zero attached hydrogens (tertiary/aromatic N) is 2. The maximum atomic E-state index is 13.3. The van der Waals surface area contributed by atoms with Gasteiger partial charge in [0.25, 0.3) is 0 Å². The fourth-order valence-corrected chi connectivity index (χ4v) is 3.77. The molecule has 0 aliphatic heterocycles. The Balaban J connectivity index is 1.56. The Morgan fingerprint density at radius 3 is 2.55 bits per heavy atom. The van der Waals surface area contributed by atoms with Gasteiger partial charge in [-0.15, -0.1) is 0 Å². The third-order valence-electron chi connectivity index (χ3n) is 3.97. The highest BCUT2D eigenvalue weighted by Crippen LogP contribution is 2.23. The molecule has 29 heavy (non-hydrogen) atoms. The number of imidazole rings is 1. The van der Waals surface area contributed by atoms with Crippen LogP contribution in [0, 0.1) is 0 Å². The number of hydrogen-bond acceptors (Lipinski definition) is 5. The van der Waals surface area contributed by atoms with Gasteiger partial charge in [0.05, 0.1) is 22.3 Å². The molecule has 1 heterocycles. The number of ether oxygens (including phenoxy) is 1. The highest BCUT2D eigenvalue weighted by molar-refractivity contribution is 7.89. The predicted molar refractivity (Wildman–Crippen MR) is 102 cm³/mol. The Morgan fingerprint density at radius 1 is 1.17 bits per heavy atom. The Labute approximate surface area is 170 Å². The van der Waals surface area contributed by atoms with Crippen LogP contribution < -0.4 is 4.72 Å². The van der Waals surface area contributed by atoms with E-state index in [1.54, 1.807) is 18.2 Å². The van der Waals surface area contributed by atoms with Crippen LogP contribution in [0.15, 0.2) is 53.4 Å². The maximum absolute atomic E-state index is 13.3. The molecule has 1 N–H and O–H groups in total. The smallest absolute Gasteiger partial charge is 0.320 e. The zero-order valence-corrected chi connectivity index (χ0v) is 16.5. The lowest BCUT2D eigenvalue weighted by Gasteiger charge is -2.09. The summed E-state index contributed by atoms with van der Waals surface area (Å²) in [6.07, 6.45) is -0.276. The van der Waals surface area contributed by atoms with E-state index >= 15 is 0 Å². The number of esters is 1. The van der Waals surface area contributed by atoms with E-state index in [2.05, 4.69) is 9.71 Å². The monoisotopic (exact) mass is 443 g/mol. The van der Waals surface area contributed by atoms with Gasteiger partial charge in [0.15, 0.2) is 5.82 Å². The molecule has 0 fully saturated rings. The lowest BCUT2D eigenvalue weighted by Crippen LogP contribution is -2.26. The number of rotatable bonds is 8. The van der Waals surface area contributed by atoms with E-state index < -0.39 is 29.1 Å². The van der Waals surface area contributed by atoms with Gasteiger partial charge < -0.3 is 4.74 Å². The Bertz CT molecular complexity index is 1120. The predicted octanol–water partition coefficient (Wildman–Crippen LogP) is 3.50. The lowest BCUT2D eigenvalue weighted by atomic mass is 10.3. The van der Waals surface area contributed by atoms with Crippen LogP contribution in [0.5, 0.6) is 0 Å². The number of aromatic nitrogens is 2. The average molecular weight is 444 g/mol. The second-order valence-corrected chi connectivity index (χ2v) is 8.13. The van der Waals surface area contributed by atoms with Crippen LogP contribution in [0.1, 0.15) is 18.8 Å². The molecule has 3 aromatic rings. The second-order valence-electron chi connectivity index (χ2n) is 5.93. The highest BCUT2D eigenvalue weighted by Gasteiger charge is 2.19. The van der Waals surface area contributed by atoms with Crippen molar-refractivity contribution in [3.63, 3.8) is 0 Å². The highest BCUT2D eigenvalue weighted by atomic mass is 35.5. The van der Waals surface area contributed by atoms with E-state index in [1.165, 1.54) is 30.3 Å². The molecule has 0 amide bonds. The molecule has 0 atom stereocenters. The SMILES string of the molecule is O=C(CCNS(=O)(=O)c1ccc(Cl)cc1)OCc1nc2ccccc2n1C(F)F. The molecule has 3 rings (SSSR count). The third kappa shape index (κ3) is 5.08. The zero-order valence-electron chi connectivity index (χ0n) is 14.9. The first-order valence-corrected chi connectivity index (χ1v) is 10.3. The molecule has 7 nitrogen and oxygen atoms in total. The van der Waals surface area contributed by atoms with Gasteiger partial charge in [0.2, 0.25) is 10.0 Å². The number of nitrogens with one attached hydrogen (secondary N) is 1. The number of halogens is 3. The third-order valence-corrected chi connectivity index (χ3v) is 5.70. The molecule has 2 aromatic carbocycles. The van der Waals surface area contributed by atoms with Gasteiger partial charge >= 0.3 is 12.5 Å². The topological polar surface area (TPSA) is 90.3 Å². The summed E-state index contributed by atoms with van der Waals surface area (Å²) in [7, 11) is -3.81. The molecule has 0 radical (unpaired) electrons. The summed E-state index contributed by atoms with van der Waals surface area (Å²) in [6.45, 7) is -3.51. The minimum absolute atomic E-state index is 0.000850. The van der Waals surface area contributed by atoms with Crippen LogP contribution in [0.2, 0.25) is 5.02 Å². The zero-order chi connectivity index (χ0) is 21.0. The number of hydrogen-bond donors (Lipinski definition) is 1. The summed E-state index contributed by atoms with van der Waals surface area (Å²) in [6, 6.07) is 11.9. The van der Waals surface area contributed by atoms with Gasteiger partial charge in [-0.3, -0.25) is 9.36 Å². The van der Waals surface area contributed by atoms with Crippen molar-refractivity contribution in [2.24, 2.45) is 0 Å². The van der Waals surface area contributed by atoms with Gasteiger partial charge in [-0.05, 0) is 36.4 Å². The van der Waals surface area contributed by atoms with Gasteiger partial charge in [0, 0.05) is 11.6 Å². The number of carbonyl (C=O) groups excluding carboxylic acids is 1. The number of fused-ring (bicyclic) bond motifs is 1. The first-order chi connectivity index (χ1) is 13.8. The molecule has 0 saturated heterocycles. The van der Waals surface area contributed by atoms with E-state index in [0.29, 0.717) is 15.1 Å². The molecule has 0 aliphatic rings. The number of carbonyl (C=O) groups is 1. The molecule has 11 heteroatoms. The van der Waals surface area contributed by atoms with Crippen molar-refractivity contribution in [3.05, 3.63) is 59.4 Å².